The van der Waals surface area contributed by atoms with Gasteiger partial charge in [-0.25, -0.2) is 0 Å². The number of anilines is 1. The third kappa shape index (κ3) is 7.99. The molecule has 20 heavy (non-hydrogen) atoms. The summed E-state index contributed by atoms with van der Waals surface area (Å²) in [7, 11) is 1.63. The lowest BCUT2D eigenvalue weighted by atomic mass is 10.1. The summed E-state index contributed by atoms with van der Waals surface area (Å²) in [5.74, 6) is 0.0126. The Bertz CT molecular complexity index is 388. The van der Waals surface area contributed by atoms with Crippen LogP contribution in [0.3, 0.4) is 0 Å². The number of ether oxygens (including phenoxy) is 2. The zero-order valence-corrected chi connectivity index (χ0v) is 12.6. The molecule has 3 N–H and O–H groups in total. The van der Waals surface area contributed by atoms with E-state index in [2.05, 4.69) is 5.32 Å². The normalized spacial score (nSPS) is 9.85. The van der Waals surface area contributed by atoms with Crippen molar-refractivity contribution in [2.24, 2.45) is 0 Å². The SMILES string of the molecule is COCCOCCNC(=O)CCc1ccccc1N.Cl. The molecule has 1 rings (SSSR count). The Balaban J connectivity index is 0.00000361. The number of amides is 1. The topological polar surface area (TPSA) is 73.6 Å². The van der Waals surface area contributed by atoms with E-state index in [1.165, 1.54) is 0 Å². The first-order valence-corrected chi connectivity index (χ1v) is 6.41. The molecule has 0 saturated heterocycles. The van der Waals surface area contributed by atoms with Crippen LogP contribution < -0.4 is 11.1 Å². The standard InChI is InChI=1S/C14H22N2O3.ClH/c1-18-10-11-19-9-8-16-14(17)7-6-12-4-2-3-5-13(12)15;/h2-5H,6-11,15H2,1H3,(H,16,17);1H. The monoisotopic (exact) mass is 302 g/mol. The van der Waals surface area contributed by atoms with Crippen LogP contribution in [0.1, 0.15) is 12.0 Å². The van der Waals surface area contributed by atoms with Gasteiger partial charge in [0.25, 0.3) is 0 Å². The van der Waals surface area contributed by atoms with E-state index in [0.717, 1.165) is 11.3 Å². The quantitative estimate of drug-likeness (QED) is 0.534. The van der Waals surface area contributed by atoms with Gasteiger partial charge in [0.05, 0.1) is 19.8 Å². The van der Waals surface area contributed by atoms with Gasteiger partial charge in [-0.2, -0.15) is 0 Å². The molecule has 0 bridgehead atoms. The fourth-order valence-corrected chi connectivity index (χ4v) is 1.61. The number of methoxy groups -OCH3 is 1. The largest absolute Gasteiger partial charge is 0.399 e. The van der Waals surface area contributed by atoms with E-state index in [-0.39, 0.29) is 18.3 Å². The van der Waals surface area contributed by atoms with Crippen LogP contribution >= 0.6 is 12.4 Å². The van der Waals surface area contributed by atoms with Crippen LogP contribution in [-0.2, 0) is 20.7 Å². The smallest absolute Gasteiger partial charge is 0.220 e. The summed E-state index contributed by atoms with van der Waals surface area (Å²) in [4.78, 5) is 11.6. The molecule has 0 saturated carbocycles. The average Bonchev–Trinajstić information content (AvgIpc) is 2.42. The third-order valence-electron chi connectivity index (χ3n) is 2.68. The zero-order chi connectivity index (χ0) is 13.9. The van der Waals surface area contributed by atoms with Gasteiger partial charge < -0.3 is 20.5 Å². The Kier molecular flexibility index (Phi) is 10.8. The van der Waals surface area contributed by atoms with Crippen molar-refractivity contribution in [3.63, 3.8) is 0 Å². The van der Waals surface area contributed by atoms with E-state index in [0.29, 0.717) is 39.2 Å². The lowest BCUT2D eigenvalue weighted by Crippen LogP contribution is -2.27. The van der Waals surface area contributed by atoms with Crippen LogP contribution in [-0.4, -0.2) is 39.4 Å². The summed E-state index contributed by atoms with van der Waals surface area (Å²) in [6.45, 7) is 2.14. The van der Waals surface area contributed by atoms with Crippen LogP contribution in [0, 0.1) is 0 Å². The highest BCUT2D eigenvalue weighted by atomic mass is 35.5. The van der Waals surface area contributed by atoms with Crippen molar-refractivity contribution < 1.29 is 14.3 Å². The predicted molar refractivity (Wildman–Crippen MR) is 82.1 cm³/mol. The Morgan fingerprint density at radius 2 is 2.00 bits per heavy atom. The highest BCUT2D eigenvalue weighted by Gasteiger charge is 2.03. The average molecular weight is 303 g/mol. The van der Waals surface area contributed by atoms with Gasteiger partial charge in [-0.1, -0.05) is 18.2 Å². The van der Waals surface area contributed by atoms with Gasteiger partial charge in [-0.3, -0.25) is 4.79 Å². The molecule has 5 nitrogen and oxygen atoms in total. The summed E-state index contributed by atoms with van der Waals surface area (Å²) in [5.41, 5.74) is 7.55. The Hall–Kier alpha value is -1.30. The minimum absolute atomic E-state index is 0. The molecule has 1 aromatic rings. The molecule has 0 aliphatic heterocycles. The number of hydrogen-bond acceptors (Lipinski definition) is 4. The molecule has 1 amide bonds. The summed E-state index contributed by atoms with van der Waals surface area (Å²) in [6.07, 6.45) is 1.09. The molecule has 114 valence electrons. The van der Waals surface area contributed by atoms with Crippen molar-refractivity contribution in [1.82, 2.24) is 5.32 Å². The maximum Gasteiger partial charge on any atom is 0.220 e. The second-order valence-corrected chi connectivity index (χ2v) is 4.15. The molecule has 0 unspecified atom stereocenters. The first-order valence-electron chi connectivity index (χ1n) is 6.41. The molecule has 0 heterocycles. The maximum atomic E-state index is 11.6. The number of para-hydroxylation sites is 1. The number of nitrogen functional groups attached to an aromatic ring is 1. The molecule has 0 radical (unpaired) electrons. The van der Waals surface area contributed by atoms with Gasteiger partial charge in [0.2, 0.25) is 5.91 Å². The first-order chi connectivity index (χ1) is 9.24. The molecule has 0 aliphatic carbocycles. The van der Waals surface area contributed by atoms with E-state index in [9.17, 15) is 4.79 Å². The summed E-state index contributed by atoms with van der Waals surface area (Å²) in [6, 6.07) is 7.59. The number of nitrogens with two attached hydrogens (primary N) is 1. The number of halogens is 1. The molecular weight excluding hydrogens is 280 g/mol. The van der Waals surface area contributed by atoms with Gasteiger partial charge in [0.1, 0.15) is 0 Å². The maximum absolute atomic E-state index is 11.6. The van der Waals surface area contributed by atoms with Crippen LogP contribution in [0.2, 0.25) is 0 Å². The Morgan fingerprint density at radius 3 is 2.70 bits per heavy atom. The van der Waals surface area contributed by atoms with Crippen LogP contribution in [0.15, 0.2) is 24.3 Å². The van der Waals surface area contributed by atoms with E-state index in [4.69, 9.17) is 15.2 Å². The number of carbonyl (C=O) groups excluding carboxylic acids is 1. The molecule has 0 spiro atoms. The minimum atomic E-state index is 0. The van der Waals surface area contributed by atoms with E-state index < -0.39 is 0 Å². The highest BCUT2D eigenvalue weighted by Crippen LogP contribution is 2.12. The summed E-state index contributed by atoms with van der Waals surface area (Å²) >= 11 is 0. The zero-order valence-electron chi connectivity index (χ0n) is 11.8. The molecule has 0 atom stereocenters. The number of carbonyl (C=O) groups is 1. The summed E-state index contributed by atoms with van der Waals surface area (Å²) < 4.78 is 10.1. The van der Waals surface area contributed by atoms with Gasteiger partial charge in [-0.05, 0) is 18.1 Å². The molecule has 0 fully saturated rings. The minimum Gasteiger partial charge on any atom is -0.399 e. The number of hydrogen-bond donors (Lipinski definition) is 2. The molecule has 0 aliphatic rings. The van der Waals surface area contributed by atoms with E-state index >= 15 is 0 Å². The fourth-order valence-electron chi connectivity index (χ4n) is 1.61. The van der Waals surface area contributed by atoms with Gasteiger partial charge >= 0.3 is 0 Å². The number of rotatable bonds is 9. The second-order valence-electron chi connectivity index (χ2n) is 4.15. The second kappa shape index (κ2) is 11.5. The van der Waals surface area contributed by atoms with Crippen LogP contribution in [0.25, 0.3) is 0 Å². The third-order valence-corrected chi connectivity index (χ3v) is 2.68. The van der Waals surface area contributed by atoms with Crippen molar-refractivity contribution in [3.8, 4) is 0 Å². The van der Waals surface area contributed by atoms with E-state index in [1.54, 1.807) is 7.11 Å². The van der Waals surface area contributed by atoms with Crippen molar-refractivity contribution in [1.29, 1.82) is 0 Å². The highest BCUT2D eigenvalue weighted by molar-refractivity contribution is 5.85. The van der Waals surface area contributed by atoms with Crippen molar-refractivity contribution in [3.05, 3.63) is 29.8 Å². The van der Waals surface area contributed by atoms with Crippen LogP contribution in [0.5, 0.6) is 0 Å². The predicted octanol–water partition coefficient (Wildman–Crippen LogP) is 1.40. The number of benzene rings is 1. The fraction of sp³-hybridized carbons (Fsp3) is 0.500. The van der Waals surface area contributed by atoms with Crippen LogP contribution in [0.4, 0.5) is 5.69 Å². The number of nitrogens with one attached hydrogen (secondary N) is 1. The van der Waals surface area contributed by atoms with Gasteiger partial charge in [0.15, 0.2) is 0 Å². The molecule has 6 heteroatoms. The Morgan fingerprint density at radius 1 is 1.25 bits per heavy atom. The van der Waals surface area contributed by atoms with E-state index in [1.807, 2.05) is 24.3 Å². The molecule has 0 aromatic heterocycles. The lowest BCUT2D eigenvalue weighted by Gasteiger charge is -2.07. The van der Waals surface area contributed by atoms with Gasteiger partial charge in [-0.15, -0.1) is 12.4 Å². The molecular formula is C14H23ClN2O3. The lowest BCUT2D eigenvalue weighted by molar-refractivity contribution is -0.121. The Labute approximate surface area is 126 Å². The summed E-state index contributed by atoms with van der Waals surface area (Å²) in [5, 5.41) is 2.80. The van der Waals surface area contributed by atoms with Crippen molar-refractivity contribution >= 4 is 24.0 Å². The van der Waals surface area contributed by atoms with Crippen molar-refractivity contribution in [2.75, 3.05) is 39.2 Å². The van der Waals surface area contributed by atoms with Crippen molar-refractivity contribution in [2.45, 2.75) is 12.8 Å². The molecule has 1 aromatic carbocycles. The first kappa shape index (κ1) is 18.7. The number of aryl methyl sites for hydroxylation is 1. The van der Waals surface area contributed by atoms with Gasteiger partial charge in [0, 0.05) is 25.8 Å².